The van der Waals surface area contributed by atoms with E-state index in [4.69, 9.17) is 4.42 Å². The molecule has 0 aliphatic carbocycles. The van der Waals surface area contributed by atoms with Crippen LogP contribution in [0.4, 0.5) is 0 Å². The number of rotatable bonds is 5. The van der Waals surface area contributed by atoms with Crippen LogP contribution in [0, 0.1) is 0 Å². The third-order valence-electron chi connectivity index (χ3n) is 11.7. The summed E-state index contributed by atoms with van der Waals surface area (Å²) in [5, 5.41) is 7.20. The molecule has 0 saturated heterocycles. The van der Waals surface area contributed by atoms with Crippen molar-refractivity contribution in [2.24, 2.45) is 0 Å². The molecule has 0 N–H and O–H groups in total. The molecule has 0 unspecified atom stereocenters. The number of hydrogen-bond donors (Lipinski definition) is 0. The van der Waals surface area contributed by atoms with Gasteiger partial charge in [-0.3, -0.25) is 0 Å². The van der Waals surface area contributed by atoms with Crippen molar-refractivity contribution >= 4 is 65.6 Å². The Morgan fingerprint density at radius 3 is 1.60 bits per heavy atom. The molecule has 12 rings (SSSR count). The Morgan fingerprint density at radius 2 is 0.877 bits per heavy atom. The molecular formula is C54H34N2O. The van der Waals surface area contributed by atoms with E-state index in [2.05, 4.69) is 203 Å². The van der Waals surface area contributed by atoms with E-state index < -0.39 is 0 Å². The van der Waals surface area contributed by atoms with Gasteiger partial charge in [-0.2, -0.15) is 0 Å². The van der Waals surface area contributed by atoms with E-state index in [9.17, 15) is 0 Å². The largest absolute Gasteiger partial charge is 0.455 e. The van der Waals surface area contributed by atoms with Gasteiger partial charge in [0.25, 0.3) is 0 Å². The lowest BCUT2D eigenvalue weighted by Crippen LogP contribution is -1.95. The van der Waals surface area contributed by atoms with Crippen LogP contribution < -0.4 is 0 Å². The van der Waals surface area contributed by atoms with Crippen molar-refractivity contribution in [2.45, 2.75) is 0 Å². The standard InChI is InChI=1S/C54H34N2O/c1-4-13-35(14-5-1)38-25-30-48-46(33-38)44-29-32-50-52(53(44)56(48)40-17-8-3-9-18-40)47-34-39(36-15-6-2-7-16-36)26-31-49(47)55(50)41-27-23-37(24-28-41)42-20-12-21-45-43-19-10-11-22-51(43)57-54(42)45/h1-34H. The smallest absolute Gasteiger partial charge is 0.143 e. The van der Waals surface area contributed by atoms with Crippen molar-refractivity contribution in [3.8, 4) is 44.8 Å². The van der Waals surface area contributed by atoms with Crippen molar-refractivity contribution in [1.29, 1.82) is 0 Å². The van der Waals surface area contributed by atoms with Crippen molar-refractivity contribution < 1.29 is 4.42 Å². The van der Waals surface area contributed by atoms with Crippen molar-refractivity contribution in [1.82, 2.24) is 9.13 Å². The van der Waals surface area contributed by atoms with Gasteiger partial charge in [0, 0.05) is 49.3 Å². The SMILES string of the molecule is c1ccc(-c2ccc3c(c2)c2c(ccc4c5cc(-c6ccccc6)ccc5n(-c5ccccc5)c42)n3-c2ccc(-c3cccc4c3oc3ccccc34)cc2)cc1. The summed E-state index contributed by atoms with van der Waals surface area (Å²) in [6, 6.07) is 74.4. The van der Waals surface area contributed by atoms with E-state index in [0.29, 0.717) is 0 Å². The summed E-state index contributed by atoms with van der Waals surface area (Å²) in [6.45, 7) is 0. The van der Waals surface area contributed by atoms with Crippen LogP contribution in [0.15, 0.2) is 211 Å². The molecule has 266 valence electrons. The highest BCUT2D eigenvalue weighted by molar-refractivity contribution is 6.27. The van der Waals surface area contributed by atoms with Gasteiger partial charge < -0.3 is 13.6 Å². The van der Waals surface area contributed by atoms with Crippen molar-refractivity contribution in [3.05, 3.63) is 206 Å². The second kappa shape index (κ2) is 12.5. The Hall–Kier alpha value is -7.62. The van der Waals surface area contributed by atoms with Gasteiger partial charge in [-0.25, -0.2) is 0 Å². The first-order valence-electron chi connectivity index (χ1n) is 19.5. The number of hydrogen-bond acceptors (Lipinski definition) is 1. The topological polar surface area (TPSA) is 23.0 Å². The molecule has 12 aromatic rings. The molecule has 0 bridgehead atoms. The monoisotopic (exact) mass is 726 g/mol. The molecule has 57 heavy (non-hydrogen) atoms. The summed E-state index contributed by atoms with van der Waals surface area (Å²) in [7, 11) is 0. The highest BCUT2D eigenvalue weighted by Gasteiger charge is 2.22. The highest BCUT2D eigenvalue weighted by Crippen LogP contribution is 2.44. The molecule has 0 aliphatic heterocycles. The summed E-state index contributed by atoms with van der Waals surface area (Å²) in [5.74, 6) is 0. The van der Waals surface area contributed by atoms with Crippen LogP contribution >= 0.6 is 0 Å². The number of benzene rings is 9. The van der Waals surface area contributed by atoms with E-state index in [1.807, 2.05) is 12.1 Å². The second-order valence-electron chi connectivity index (χ2n) is 14.9. The lowest BCUT2D eigenvalue weighted by Gasteiger charge is -2.11. The molecule has 0 atom stereocenters. The minimum absolute atomic E-state index is 0.909. The number of furan rings is 1. The quantitative estimate of drug-likeness (QED) is 0.173. The second-order valence-corrected chi connectivity index (χ2v) is 14.9. The fraction of sp³-hybridized carbons (Fsp3) is 0. The molecule has 0 saturated carbocycles. The van der Waals surface area contributed by atoms with E-state index >= 15 is 0 Å². The maximum atomic E-state index is 6.44. The van der Waals surface area contributed by atoms with Gasteiger partial charge in [0.2, 0.25) is 0 Å². The third kappa shape index (κ3) is 4.86. The van der Waals surface area contributed by atoms with Crippen molar-refractivity contribution in [2.75, 3.05) is 0 Å². The average molecular weight is 727 g/mol. The Bertz CT molecular complexity index is 3480. The molecule has 0 fully saturated rings. The maximum Gasteiger partial charge on any atom is 0.143 e. The molecule has 0 spiro atoms. The van der Waals surface area contributed by atoms with Crippen LogP contribution in [0.1, 0.15) is 0 Å². The number of aromatic nitrogens is 2. The van der Waals surface area contributed by atoms with Crippen LogP contribution in [0.25, 0.3) is 110 Å². The van der Waals surface area contributed by atoms with Gasteiger partial charge in [0.05, 0.1) is 22.1 Å². The molecule has 3 aromatic heterocycles. The van der Waals surface area contributed by atoms with Gasteiger partial charge in [-0.05, 0) is 88.5 Å². The van der Waals surface area contributed by atoms with E-state index in [-0.39, 0.29) is 0 Å². The van der Waals surface area contributed by atoms with Crippen LogP contribution in [0.3, 0.4) is 0 Å². The number of nitrogens with zero attached hydrogens (tertiary/aromatic N) is 2. The summed E-state index contributed by atoms with van der Waals surface area (Å²) in [5.41, 5.74) is 15.8. The van der Waals surface area contributed by atoms with Crippen molar-refractivity contribution in [3.63, 3.8) is 0 Å². The maximum absolute atomic E-state index is 6.44. The third-order valence-corrected chi connectivity index (χ3v) is 11.7. The Kier molecular flexibility index (Phi) is 6.93. The molecular weight excluding hydrogens is 693 g/mol. The Morgan fingerprint density at radius 1 is 0.316 bits per heavy atom. The number of para-hydroxylation sites is 3. The van der Waals surface area contributed by atoms with Gasteiger partial charge in [-0.15, -0.1) is 0 Å². The Labute approximate surface area is 328 Å². The summed E-state index contributed by atoms with van der Waals surface area (Å²) < 4.78 is 11.3. The Balaban J connectivity index is 1.14. The summed E-state index contributed by atoms with van der Waals surface area (Å²) in [6.07, 6.45) is 0. The minimum Gasteiger partial charge on any atom is -0.455 e. The van der Waals surface area contributed by atoms with E-state index in [0.717, 1.165) is 50.0 Å². The lowest BCUT2D eigenvalue weighted by atomic mass is 10.0. The molecule has 9 aromatic carbocycles. The van der Waals surface area contributed by atoms with Crippen LogP contribution in [-0.4, -0.2) is 9.13 Å². The fourth-order valence-corrected chi connectivity index (χ4v) is 9.12. The zero-order chi connectivity index (χ0) is 37.5. The minimum atomic E-state index is 0.909. The van der Waals surface area contributed by atoms with E-state index in [1.165, 1.54) is 60.3 Å². The van der Waals surface area contributed by atoms with E-state index in [1.54, 1.807) is 0 Å². The molecule has 3 heteroatoms. The van der Waals surface area contributed by atoms with Gasteiger partial charge in [0.15, 0.2) is 0 Å². The van der Waals surface area contributed by atoms with Crippen LogP contribution in [0.5, 0.6) is 0 Å². The highest BCUT2D eigenvalue weighted by atomic mass is 16.3. The first-order chi connectivity index (χ1) is 28.3. The average Bonchev–Trinajstić information content (AvgIpc) is 3.94. The predicted octanol–water partition coefficient (Wildman–Crippen LogP) is 14.8. The number of fused-ring (bicyclic) bond motifs is 10. The molecule has 0 aliphatic rings. The summed E-state index contributed by atoms with van der Waals surface area (Å²) >= 11 is 0. The van der Waals surface area contributed by atoms with Gasteiger partial charge >= 0.3 is 0 Å². The predicted molar refractivity (Wildman–Crippen MR) is 239 cm³/mol. The molecule has 3 heterocycles. The normalized spacial score (nSPS) is 11.9. The molecule has 3 nitrogen and oxygen atoms in total. The first-order valence-corrected chi connectivity index (χ1v) is 19.5. The fourth-order valence-electron chi connectivity index (χ4n) is 9.12. The van der Waals surface area contributed by atoms with Gasteiger partial charge in [0.1, 0.15) is 11.2 Å². The van der Waals surface area contributed by atoms with Crippen LogP contribution in [0.2, 0.25) is 0 Å². The molecule has 0 amide bonds. The first kappa shape index (κ1) is 31.7. The summed E-state index contributed by atoms with van der Waals surface area (Å²) in [4.78, 5) is 0. The lowest BCUT2D eigenvalue weighted by molar-refractivity contribution is 0.670. The van der Waals surface area contributed by atoms with Gasteiger partial charge in [-0.1, -0.05) is 146 Å². The zero-order valence-electron chi connectivity index (χ0n) is 30.9. The zero-order valence-corrected chi connectivity index (χ0v) is 30.9. The van der Waals surface area contributed by atoms with Crippen LogP contribution in [-0.2, 0) is 0 Å². The molecule has 0 radical (unpaired) electrons.